The molecule has 1 aliphatic rings. The Morgan fingerprint density at radius 2 is 2.25 bits per heavy atom. The molecule has 0 saturated carbocycles. The van der Waals surface area contributed by atoms with Crippen LogP contribution in [0.5, 0.6) is 0 Å². The van der Waals surface area contributed by atoms with Gasteiger partial charge in [0.25, 0.3) is 0 Å². The summed E-state index contributed by atoms with van der Waals surface area (Å²) in [4.78, 5) is 11.0. The average molecular weight is 169 g/mol. The van der Waals surface area contributed by atoms with E-state index in [1.165, 1.54) is 25.7 Å². The molecule has 1 heterocycles. The summed E-state index contributed by atoms with van der Waals surface area (Å²) in [5.74, 6) is 0.790. The van der Waals surface area contributed by atoms with Crippen molar-refractivity contribution >= 4 is 5.91 Å². The highest BCUT2D eigenvalue weighted by atomic mass is 16.1. The number of hydrogen-bond donors (Lipinski definition) is 1. The van der Waals surface area contributed by atoms with Crippen LogP contribution in [0.1, 0.15) is 46.0 Å². The molecule has 0 aromatic heterocycles. The van der Waals surface area contributed by atoms with Crippen LogP contribution < -0.4 is 5.32 Å². The molecule has 0 aliphatic carbocycles. The maximum absolute atomic E-state index is 11.0. The van der Waals surface area contributed by atoms with Gasteiger partial charge in [-0.05, 0) is 12.3 Å². The molecule has 2 heteroatoms. The maximum Gasteiger partial charge on any atom is 0.220 e. The van der Waals surface area contributed by atoms with E-state index in [9.17, 15) is 4.79 Å². The van der Waals surface area contributed by atoms with Gasteiger partial charge in [0.2, 0.25) is 5.91 Å². The molecule has 0 spiro atoms. The Balaban J connectivity index is 2.19. The van der Waals surface area contributed by atoms with Crippen molar-refractivity contribution in [3.8, 4) is 0 Å². The first-order valence-corrected chi connectivity index (χ1v) is 5.03. The minimum atomic E-state index is 0.240. The van der Waals surface area contributed by atoms with E-state index in [4.69, 9.17) is 0 Å². The molecule has 0 bridgehead atoms. The van der Waals surface area contributed by atoms with Gasteiger partial charge in [-0.15, -0.1) is 0 Å². The van der Waals surface area contributed by atoms with Crippen LogP contribution in [0.3, 0.4) is 0 Å². The van der Waals surface area contributed by atoms with E-state index in [0.717, 1.165) is 6.42 Å². The topological polar surface area (TPSA) is 29.1 Å². The van der Waals surface area contributed by atoms with Crippen LogP contribution in [-0.4, -0.2) is 11.9 Å². The van der Waals surface area contributed by atoms with Gasteiger partial charge in [0.05, 0.1) is 0 Å². The van der Waals surface area contributed by atoms with Crippen molar-refractivity contribution in [3.63, 3.8) is 0 Å². The summed E-state index contributed by atoms with van der Waals surface area (Å²) in [6.45, 7) is 4.37. The van der Waals surface area contributed by atoms with Crippen LogP contribution in [0.2, 0.25) is 0 Å². The molecule has 1 rings (SSSR count). The Morgan fingerprint density at radius 1 is 1.50 bits per heavy atom. The molecule has 12 heavy (non-hydrogen) atoms. The first-order chi connectivity index (χ1) is 5.74. The number of carbonyl (C=O) groups is 1. The summed E-state index contributed by atoms with van der Waals surface area (Å²) >= 11 is 0. The van der Waals surface area contributed by atoms with Crippen LogP contribution in [0.4, 0.5) is 0 Å². The van der Waals surface area contributed by atoms with Crippen LogP contribution in [0.15, 0.2) is 0 Å². The lowest BCUT2D eigenvalue weighted by Gasteiger charge is -2.13. The van der Waals surface area contributed by atoms with Crippen molar-refractivity contribution in [2.24, 2.45) is 5.92 Å². The number of carbonyl (C=O) groups excluding carboxylic acids is 1. The third-order valence-electron chi connectivity index (χ3n) is 2.66. The maximum atomic E-state index is 11.0. The smallest absolute Gasteiger partial charge is 0.220 e. The zero-order chi connectivity index (χ0) is 8.97. The summed E-state index contributed by atoms with van der Waals surface area (Å²) in [5.41, 5.74) is 0. The van der Waals surface area contributed by atoms with Gasteiger partial charge < -0.3 is 5.32 Å². The number of unbranched alkanes of at least 4 members (excludes halogenated alkanes) is 2. The second kappa shape index (κ2) is 4.48. The fraction of sp³-hybridized carbons (Fsp3) is 0.900. The van der Waals surface area contributed by atoms with Gasteiger partial charge in [0.1, 0.15) is 0 Å². The van der Waals surface area contributed by atoms with Crippen molar-refractivity contribution in [2.75, 3.05) is 0 Å². The molecule has 1 saturated heterocycles. The molecule has 1 aliphatic heterocycles. The molecule has 0 unspecified atom stereocenters. The summed E-state index contributed by atoms with van der Waals surface area (Å²) in [6, 6.07) is 0.462. The Kier molecular flexibility index (Phi) is 3.57. The zero-order valence-corrected chi connectivity index (χ0v) is 8.10. The number of rotatable bonds is 4. The van der Waals surface area contributed by atoms with E-state index in [1.807, 2.05) is 0 Å². The predicted octanol–water partition coefficient (Wildman–Crippen LogP) is 2.09. The second-order valence-corrected chi connectivity index (χ2v) is 3.85. The molecule has 0 radical (unpaired) electrons. The highest BCUT2D eigenvalue weighted by molar-refractivity contribution is 5.78. The Hall–Kier alpha value is -0.530. The SMILES string of the molecule is CCCCC[C@H]1NC(=O)C[C@@H]1C. The monoisotopic (exact) mass is 169 g/mol. The molecule has 1 fully saturated rings. The lowest BCUT2D eigenvalue weighted by atomic mass is 9.98. The first kappa shape index (κ1) is 9.56. The normalized spacial score (nSPS) is 29.0. The van der Waals surface area contributed by atoms with Gasteiger partial charge in [-0.1, -0.05) is 33.1 Å². The summed E-state index contributed by atoms with van der Waals surface area (Å²) in [6.07, 6.45) is 5.71. The van der Waals surface area contributed by atoms with Crippen molar-refractivity contribution in [2.45, 2.75) is 52.0 Å². The van der Waals surface area contributed by atoms with Gasteiger partial charge >= 0.3 is 0 Å². The largest absolute Gasteiger partial charge is 0.353 e. The molecule has 0 aromatic rings. The van der Waals surface area contributed by atoms with Crippen molar-refractivity contribution in [3.05, 3.63) is 0 Å². The number of amides is 1. The van der Waals surface area contributed by atoms with E-state index >= 15 is 0 Å². The Morgan fingerprint density at radius 3 is 2.75 bits per heavy atom. The quantitative estimate of drug-likeness (QED) is 0.641. The lowest BCUT2D eigenvalue weighted by Crippen LogP contribution is -2.27. The van der Waals surface area contributed by atoms with Gasteiger partial charge in [-0.25, -0.2) is 0 Å². The third kappa shape index (κ3) is 2.50. The highest BCUT2D eigenvalue weighted by Crippen LogP contribution is 2.20. The summed E-state index contributed by atoms with van der Waals surface area (Å²) < 4.78 is 0. The third-order valence-corrected chi connectivity index (χ3v) is 2.66. The van der Waals surface area contributed by atoms with E-state index in [2.05, 4.69) is 19.2 Å². The van der Waals surface area contributed by atoms with Crippen molar-refractivity contribution < 1.29 is 4.79 Å². The van der Waals surface area contributed by atoms with Crippen LogP contribution in [0.25, 0.3) is 0 Å². The standard InChI is InChI=1S/C10H19NO/c1-3-4-5-6-9-8(2)7-10(12)11-9/h8-9H,3-7H2,1-2H3,(H,11,12)/t8-,9+/m0/s1. The minimum absolute atomic E-state index is 0.240. The molecule has 2 nitrogen and oxygen atoms in total. The summed E-state index contributed by atoms with van der Waals surface area (Å²) in [5, 5.41) is 3.02. The van der Waals surface area contributed by atoms with E-state index < -0.39 is 0 Å². The molecular formula is C10H19NO. The van der Waals surface area contributed by atoms with Gasteiger partial charge in [-0.3, -0.25) is 4.79 Å². The lowest BCUT2D eigenvalue weighted by molar-refractivity contribution is -0.119. The zero-order valence-electron chi connectivity index (χ0n) is 8.10. The number of nitrogens with one attached hydrogen (secondary N) is 1. The predicted molar refractivity (Wildman–Crippen MR) is 49.9 cm³/mol. The summed E-state index contributed by atoms with van der Waals surface area (Å²) in [7, 11) is 0. The fourth-order valence-electron chi connectivity index (χ4n) is 1.81. The second-order valence-electron chi connectivity index (χ2n) is 3.85. The highest BCUT2D eigenvalue weighted by Gasteiger charge is 2.27. The molecule has 0 aromatic carbocycles. The molecule has 1 amide bonds. The van der Waals surface area contributed by atoms with E-state index in [1.54, 1.807) is 0 Å². The minimum Gasteiger partial charge on any atom is -0.353 e. The van der Waals surface area contributed by atoms with Crippen LogP contribution in [0, 0.1) is 5.92 Å². The van der Waals surface area contributed by atoms with E-state index in [0.29, 0.717) is 12.0 Å². The molecule has 70 valence electrons. The molecule has 2 atom stereocenters. The van der Waals surface area contributed by atoms with E-state index in [-0.39, 0.29) is 5.91 Å². The van der Waals surface area contributed by atoms with Crippen LogP contribution >= 0.6 is 0 Å². The Labute approximate surface area is 74.7 Å². The fourth-order valence-corrected chi connectivity index (χ4v) is 1.81. The first-order valence-electron chi connectivity index (χ1n) is 5.03. The molecular weight excluding hydrogens is 150 g/mol. The van der Waals surface area contributed by atoms with Gasteiger partial charge in [0.15, 0.2) is 0 Å². The molecule has 1 N–H and O–H groups in total. The van der Waals surface area contributed by atoms with Crippen LogP contribution in [-0.2, 0) is 4.79 Å². The van der Waals surface area contributed by atoms with Crippen molar-refractivity contribution in [1.29, 1.82) is 0 Å². The number of hydrogen-bond acceptors (Lipinski definition) is 1. The Bertz CT molecular complexity index is 156. The van der Waals surface area contributed by atoms with Gasteiger partial charge in [-0.2, -0.15) is 0 Å². The van der Waals surface area contributed by atoms with Crippen molar-refractivity contribution in [1.82, 2.24) is 5.32 Å². The van der Waals surface area contributed by atoms with Gasteiger partial charge in [0, 0.05) is 12.5 Å². The average Bonchev–Trinajstić information content (AvgIpc) is 2.31.